The highest BCUT2D eigenvalue weighted by Gasteiger charge is 2.21. The molecule has 0 atom stereocenters. The second-order valence-corrected chi connectivity index (χ2v) is 8.09. The van der Waals surface area contributed by atoms with Crippen molar-refractivity contribution in [1.82, 2.24) is 0 Å². The third-order valence-electron chi connectivity index (χ3n) is 4.26. The lowest BCUT2D eigenvalue weighted by Gasteiger charge is -2.07. The highest BCUT2D eigenvalue weighted by Crippen LogP contribution is 2.36. The molecule has 3 aromatic rings. The van der Waals surface area contributed by atoms with Gasteiger partial charge in [0.1, 0.15) is 11.4 Å². The lowest BCUT2D eigenvalue weighted by molar-refractivity contribution is -0.116. The number of carbonyl (C=O) groups excluding carboxylic acids is 1. The Morgan fingerprint density at radius 1 is 1.18 bits per heavy atom. The van der Waals surface area contributed by atoms with E-state index in [1.165, 1.54) is 17.4 Å². The number of aryl methyl sites for hydroxylation is 2. The topological polar surface area (TPSA) is 66.4 Å². The fourth-order valence-electron chi connectivity index (χ4n) is 2.74. The second kappa shape index (κ2) is 8.67. The first kappa shape index (κ1) is 20.2. The predicted octanol–water partition coefficient (Wildman–Crippen LogP) is 5.89. The minimum absolute atomic E-state index is 0.0713. The third-order valence-corrected chi connectivity index (χ3v) is 5.82. The van der Waals surface area contributed by atoms with Gasteiger partial charge in [-0.2, -0.15) is 0 Å². The summed E-state index contributed by atoms with van der Waals surface area (Å²) in [6, 6.07) is 12.2. The summed E-state index contributed by atoms with van der Waals surface area (Å²) in [5.74, 6) is -1.72. The van der Waals surface area contributed by atoms with Gasteiger partial charge < -0.3 is 10.4 Å². The summed E-state index contributed by atoms with van der Waals surface area (Å²) in [6.07, 6.45) is 0.500. The van der Waals surface area contributed by atoms with Crippen molar-refractivity contribution in [2.24, 2.45) is 0 Å². The molecule has 0 aliphatic rings. The quantitative estimate of drug-likeness (QED) is 0.480. The van der Waals surface area contributed by atoms with Crippen LogP contribution >= 0.6 is 27.3 Å². The number of amides is 1. The zero-order valence-corrected chi connectivity index (χ0v) is 17.4. The van der Waals surface area contributed by atoms with Crippen LogP contribution in [0.1, 0.15) is 27.9 Å². The second-order valence-electron chi connectivity index (χ2n) is 6.30. The van der Waals surface area contributed by atoms with Crippen LogP contribution in [0.15, 0.2) is 52.3 Å². The average Bonchev–Trinajstić information content (AvgIpc) is 3.07. The molecule has 28 heavy (non-hydrogen) atoms. The van der Waals surface area contributed by atoms with E-state index in [1.807, 2.05) is 24.3 Å². The fourth-order valence-corrected chi connectivity index (χ4v) is 4.00. The van der Waals surface area contributed by atoms with Crippen molar-refractivity contribution in [3.63, 3.8) is 0 Å². The highest BCUT2D eigenvalue weighted by atomic mass is 79.9. The summed E-state index contributed by atoms with van der Waals surface area (Å²) in [5, 5.41) is 13.9. The van der Waals surface area contributed by atoms with E-state index in [1.54, 1.807) is 24.4 Å². The molecule has 2 aromatic carbocycles. The lowest BCUT2D eigenvalue weighted by atomic mass is 10.1. The summed E-state index contributed by atoms with van der Waals surface area (Å²) >= 11 is 4.62. The van der Waals surface area contributed by atoms with Gasteiger partial charge in [0, 0.05) is 16.3 Å². The van der Waals surface area contributed by atoms with Crippen LogP contribution in [0.5, 0.6) is 0 Å². The molecule has 0 bridgehead atoms. The molecule has 4 nitrogen and oxygen atoms in total. The van der Waals surface area contributed by atoms with E-state index in [9.17, 15) is 19.1 Å². The van der Waals surface area contributed by atoms with Crippen LogP contribution < -0.4 is 5.32 Å². The Morgan fingerprint density at radius 3 is 2.54 bits per heavy atom. The fraction of sp³-hybridized carbons (Fsp3) is 0.143. The van der Waals surface area contributed by atoms with Gasteiger partial charge in [0.05, 0.1) is 10.6 Å². The van der Waals surface area contributed by atoms with Crippen LogP contribution in [0.3, 0.4) is 0 Å². The summed E-state index contributed by atoms with van der Waals surface area (Å²) in [7, 11) is 0. The molecule has 0 saturated carbocycles. The molecule has 0 radical (unpaired) electrons. The zero-order chi connectivity index (χ0) is 20.3. The number of aromatic carboxylic acids is 1. The summed E-state index contributed by atoms with van der Waals surface area (Å²) in [6.45, 7) is 1.68. The Balaban J connectivity index is 1.74. The van der Waals surface area contributed by atoms with E-state index in [2.05, 4.69) is 21.2 Å². The van der Waals surface area contributed by atoms with Crippen LogP contribution in [-0.2, 0) is 11.2 Å². The van der Waals surface area contributed by atoms with Gasteiger partial charge in [0.2, 0.25) is 5.91 Å². The predicted molar refractivity (Wildman–Crippen MR) is 113 cm³/mol. The van der Waals surface area contributed by atoms with Gasteiger partial charge in [-0.3, -0.25) is 4.79 Å². The Hall–Kier alpha value is -2.51. The average molecular weight is 462 g/mol. The number of hydrogen-bond donors (Lipinski definition) is 2. The first-order chi connectivity index (χ1) is 13.3. The number of nitrogens with one attached hydrogen (secondary N) is 1. The van der Waals surface area contributed by atoms with Crippen molar-refractivity contribution in [2.75, 3.05) is 5.32 Å². The van der Waals surface area contributed by atoms with Crippen molar-refractivity contribution in [3.8, 4) is 10.4 Å². The lowest BCUT2D eigenvalue weighted by Crippen LogP contribution is -2.14. The van der Waals surface area contributed by atoms with Gasteiger partial charge in [0.15, 0.2) is 0 Å². The molecular formula is C21H17BrFNO3S. The van der Waals surface area contributed by atoms with Gasteiger partial charge in [-0.05, 0) is 48.2 Å². The van der Waals surface area contributed by atoms with Crippen LogP contribution in [0, 0.1) is 12.7 Å². The van der Waals surface area contributed by atoms with Crippen LogP contribution in [0.4, 0.5) is 10.1 Å². The van der Waals surface area contributed by atoms with E-state index in [0.29, 0.717) is 16.9 Å². The summed E-state index contributed by atoms with van der Waals surface area (Å²) in [4.78, 5) is 24.7. The van der Waals surface area contributed by atoms with Gasteiger partial charge >= 0.3 is 5.97 Å². The molecule has 0 aliphatic heterocycles. The van der Waals surface area contributed by atoms with Crippen LogP contribution in [0.25, 0.3) is 10.4 Å². The smallest absolute Gasteiger partial charge is 0.339 e. The molecule has 1 heterocycles. The number of benzene rings is 2. The maximum absolute atomic E-state index is 13.6. The van der Waals surface area contributed by atoms with E-state index < -0.39 is 5.97 Å². The molecule has 2 N–H and O–H groups in total. The Bertz CT molecular complexity index is 1030. The Kier molecular flexibility index (Phi) is 6.26. The summed E-state index contributed by atoms with van der Waals surface area (Å²) in [5.41, 5.74) is 2.38. The normalized spacial score (nSPS) is 10.7. The highest BCUT2D eigenvalue weighted by molar-refractivity contribution is 9.10. The number of anilines is 1. The van der Waals surface area contributed by atoms with Gasteiger partial charge in [-0.15, -0.1) is 11.3 Å². The molecule has 144 valence electrons. The van der Waals surface area contributed by atoms with E-state index >= 15 is 0 Å². The minimum Gasteiger partial charge on any atom is -0.478 e. The number of carbonyl (C=O) groups is 2. The Labute approximate surface area is 174 Å². The monoisotopic (exact) mass is 461 g/mol. The van der Waals surface area contributed by atoms with E-state index in [4.69, 9.17) is 0 Å². The molecule has 1 aromatic heterocycles. The van der Waals surface area contributed by atoms with Crippen molar-refractivity contribution in [3.05, 3.63) is 74.8 Å². The van der Waals surface area contributed by atoms with Crippen LogP contribution in [0.2, 0.25) is 0 Å². The molecule has 7 heteroatoms. The maximum atomic E-state index is 13.6. The molecule has 3 rings (SSSR count). The molecule has 1 amide bonds. The van der Waals surface area contributed by atoms with Crippen molar-refractivity contribution < 1.29 is 19.1 Å². The first-order valence-electron chi connectivity index (χ1n) is 8.50. The molecule has 0 fully saturated rings. The first-order valence-corrected chi connectivity index (χ1v) is 10.2. The number of halogens is 2. The zero-order valence-electron chi connectivity index (χ0n) is 15.0. The van der Waals surface area contributed by atoms with E-state index in [0.717, 1.165) is 15.6 Å². The van der Waals surface area contributed by atoms with Gasteiger partial charge in [0.25, 0.3) is 0 Å². The molecule has 0 aliphatic carbocycles. The maximum Gasteiger partial charge on any atom is 0.339 e. The third kappa shape index (κ3) is 4.66. The van der Waals surface area contributed by atoms with Crippen molar-refractivity contribution >= 4 is 44.8 Å². The number of thiophene rings is 1. The molecule has 0 unspecified atom stereocenters. The van der Waals surface area contributed by atoms with Gasteiger partial charge in [-0.1, -0.05) is 40.2 Å². The number of carboxylic acid groups (broad SMARTS) is 1. The molecule has 0 saturated heterocycles. The van der Waals surface area contributed by atoms with Crippen LogP contribution in [-0.4, -0.2) is 17.0 Å². The van der Waals surface area contributed by atoms with Crippen molar-refractivity contribution in [2.45, 2.75) is 19.8 Å². The molecular weight excluding hydrogens is 445 g/mol. The number of hydrogen-bond acceptors (Lipinski definition) is 3. The molecule has 0 spiro atoms. The largest absolute Gasteiger partial charge is 0.478 e. The standard InChI is InChI=1S/C21H17BrFNO3S/c1-12-2-3-13(10-16(12)23)4-9-18(25)24-17-11-28-20(19(17)21(26)27)14-5-7-15(22)8-6-14/h2-3,5-8,10-11H,4,9H2,1H3,(H,24,25)(H,26,27). The number of rotatable bonds is 6. The summed E-state index contributed by atoms with van der Waals surface area (Å²) < 4.78 is 14.5. The van der Waals surface area contributed by atoms with Crippen molar-refractivity contribution in [1.29, 1.82) is 0 Å². The van der Waals surface area contributed by atoms with Gasteiger partial charge in [-0.25, -0.2) is 9.18 Å². The SMILES string of the molecule is Cc1ccc(CCC(=O)Nc2csc(-c3ccc(Br)cc3)c2C(=O)O)cc1F. The number of carboxylic acids is 1. The van der Waals surface area contributed by atoms with E-state index in [-0.39, 0.29) is 29.4 Å². The minimum atomic E-state index is -1.10. The Morgan fingerprint density at radius 2 is 1.89 bits per heavy atom.